The van der Waals surface area contributed by atoms with Crippen LogP contribution in [-0.4, -0.2) is 36.7 Å². The number of benzene rings is 1. The van der Waals surface area contributed by atoms with E-state index in [1.165, 1.54) is 6.92 Å². The minimum atomic E-state index is -1.10. The lowest BCUT2D eigenvalue weighted by Gasteiger charge is -2.16. The number of ether oxygens (including phenoxy) is 1. The van der Waals surface area contributed by atoms with Gasteiger partial charge in [0, 0.05) is 24.0 Å². The summed E-state index contributed by atoms with van der Waals surface area (Å²) in [6.45, 7) is 1.35. The zero-order valence-corrected chi connectivity index (χ0v) is 12.2. The van der Waals surface area contributed by atoms with E-state index in [4.69, 9.17) is 9.84 Å². The lowest BCUT2D eigenvalue weighted by Crippen LogP contribution is -2.44. The van der Waals surface area contributed by atoms with Crippen LogP contribution in [0.5, 0.6) is 5.75 Å². The van der Waals surface area contributed by atoms with Gasteiger partial charge in [0.1, 0.15) is 11.8 Å². The Morgan fingerprint density at radius 2 is 2.16 bits per heavy atom. The molecular weight excluding hydrogens is 316 g/mol. The maximum absolute atomic E-state index is 11.0. The predicted molar refractivity (Wildman–Crippen MR) is 74.4 cm³/mol. The van der Waals surface area contributed by atoms with E-state index in [1.54, 1.807) is 25.3 Å². The Bertz CT molecular complexity index is 479. The molecule has 0 aliphatic carbocycles. The molecule has 3 N–H and O–H groups in total. The van der Waals surface area contributed by atoms with Crippen LogP contribution in [0.3, 0.4) is 0 Å². The van der Waals surface area contributed by atoms with Crippen LogP contribution < -0.4 is 15.4 Å². The van der Waals surface area contributed by atoms with Crippen LogP contribution in [-0.2, 0) is 9.59 Å². The predicted octanol–water partition coefficient (Wildman–Crippen LogP) is 1.46. The van der Waals surface area contributed by atoms with E-state index in [-0.39, 0.29) is 12.5 Å². The fourth-order valence-corrected chi connectivity index (χ4v) is 1.81. The zero-order valence-electron chi connectivity index (χ0n) is 10.6. The van der Waals surface area contributed by atoms with Gasteiger partial charge in [0.05, 0.1) is 12.8 Å². The molecule has 7 heteroatoms. The first kappa shape index (κ1) is 15.3. The second kappa shape index (κ2) is 6.98. The van der Waals surface area contributed by atoms with Gasteiger partial charge in [-0.2, -0.15) is 0 Å². The molecule has 0 radical (unpaired) electrons. The summed E-state index contributed by atoms with van der Waals surface area (Å²) in [7, 11) is 1.55. The van der Waals surface area contributed by atoms with Crippen LogP contribution in [0.4, 0.5) is 5.69 Å². The molecule has 0 aromatic heterocycles. The molecule has 1 unspecified atom stereocenters. The smallest absolute Gasteiger partial charge is 0.328 e. The number of halogens is 1. The molecule has 104 valence electrons. The largest absolute Gasteiger partial charge is 0.497 e. The molecule has 19 heavy (non-hydrogen) atoms. The lowest BCUT2D eigenvalue weighted by molar-refractivity contribution is -0.141. The van der Waals surface area contributed by atoms with E-state index in [9.17, 15) is 9.59 Å². The standard InChI is InChI=1S/C12H15BrN2O4/c1-7(16)15-11(12(17)18)6-14-10-5-8(19-2)3-4-9(10)13/h3-5,11,14H,6H2,1-2H3,(H,15,16)(H,17,18). The fraction of sp³-hybridized carbons (Fsp3) is 0.333. The fourth-order valence-electron chi connectivity index (χ4n) is 1.42. The quantitative estimate of drug-likeness (QED) is 0.735. The first-order valence-electron chi connectivity index (χ1n) is 5.51. The van der Waals surface area contributed by atoms with Gasteiger partial charge >= 0.3 is 5.97 Å². The number of hydrogen-bond acceptors (Lipinski definition) is 4. The molecule has 0 aliphatic rings. The number of rotatable bonds is 6. The number of methoxy groups -OCH3 is 1. The molecule has 0 aliphatic heterocycles. The Hall–Kier alpha value is -1.76. The second-order valence-electron chi connectivity index (χ2n) is 3.82. The number of carboxylic acids is 1. The molecule has 1 atom stereocenters. The number of carboxylic acid groups (broad SMARTS) is 1. The van der Waals surface area contributed by atoms with Crippen molar-refractivity contribution < 1.29 is 19.4 Å². The van der Waals surface area contributed by atoms with Crippen LogP contribution in [0.15, 0.2) is 22.7 Å². The Balaban J connectivity index is 2.73. The van der Waals surface area contributed by atoms with Crippen molar-refractivity contribution in [3.63, 3.8) is 0 Å². The maximum Gasteiger partial charge on any atom is 0.328 e. The van der Waals surface area contributed by atoms with Crippen LogP contribution >= 0.6 is 15.9 Å². The molecule has 0 bridgehead atoms. The maximum atomic E-state index is 11.0. The summed E-state index contributed by atoms with van der Waals surface area (Å²) in [6, 6.07) is 4.31. The number of carbonyl (C=O) groups excluding carboxylic acids is 1. The third-order valence-corrected chi connectivity index (χ3v) is 3.04. The van der Waals surface area contributed by atoms with Crippen molar-refractivity contribution in [3.8, 4) is 5.75 Å². The van der Waals surface area contributed by atoms with Gasteiger partial charge in [-0.25, -0.2) is 4.79 Å². The van der Waals surface area contributed by atoms with E-state index in [1.807, 2.05) is 0 Å². The van der Waals surface area contributed by atoms with Crippen LogP contribution in [0.2, 0.25) is 0 Å². The highest BCUT2D eigenvalue weighted by Crippen LogP contribution is 2.26. The van der Waals surface area contributed by atoms with E-state index in [0.29, 0.717) is 11.4 Å². The Morgan fingerprint density at radius 3 is 2.68 bits per heavy atom. The highest BCUT2D eigenvalue weighted by Gasteiger charge is 2.18. The lowest BCUT2D eigenvalue weighted by atomic mass is 10.2. The van der Waals surface area contributed by atoms with E-state index < -0.39 is 12.0 Å². The van der Waals surface area contributed by atoms with Crippen LogP contribution in [0.1, 0.15) is 6.92 Å². The molecule has 0 saturated heterocycles. The molecule has 0 fully saturated rings. The zero-order chi connectivity index (χ0) is 14.4. The molecule has 1 amide bonds. The number of carbonyl (C=O) groups is 2. The van der Waals surface area contributed by atoms with Crippen LogP contribution in [0.25, 0.3) is 0 Å². The van der Waals surface area contributed by atoms with Gasteiger partial charge < -0.3 is 20.5 Å². The highest BCUT2D eigenvalue weighted by molar-refractivity contribution is 9.10. The van der Waals surface area contributed by atoms with Gasteiger partial charge in [0.15, 0.2) is 0 Å². The summed E-state index contributed by atoms with van der Waals surface area (Å²) in [4.78, 5) is 21.9. The molecule has 1 aromatic rings. The average molecular weight is 331 g/mol. The SMILES string of the molecule is COc1ccc(Br)c(NCC(NC(C)=O)C(=O)O)c1. The van der Waals surface area contributed by atoms with Crippen molar-refractivity contribution in [2.24, 2.45) is 0 Å². The third-order valence-electron chi connectivity index (χ3n) is 2.35. The molecular formula is C12H15BrN2O4. The van der Waals surface area contributed by atoms with E-state index in [2.05, 4.69) is 26.6 Å². The second-order valence-corrected chi connectivity index (χ2v) is 4.67. The Kier molecular flexibility index (Phi) is 5.62. The number of hydrogen-bond donors (Lipinski definition) is 3. The monoisotopic (exact) mass is 330 g/mol. The number of amides is 1. The Labute approximate surface area is 119 Å². The van der Waals surface area contributed by atoms with Gasteiger partial charge in [-0.05, 0) is 28.1 Å². The van der Waals surface area contributed by atoms with Crippen molar-refractivity contribution >= 4 is 33.5 Å². The van der Waals surface area contributed by atoms with E-state index >= 15 is 0 Å². The normalized spacial score (nSPS) is 11.5. The molecule has 0 spiro atoms. The summed E-state index contributed by atoms with van der Waals surface area (Å²) in [6.07, 6.45) is 0. The third kappa shape index (κ3) is 4.78. The molecule has 0 saturated carbocycles. The Morgan fingerprint density at radius 1 is 1.47 bits per heavy atom. The minimum absolute atomic E-state index is 0.0701. The summed E-state index contributed by atoms with van der Waals surface area (Å²) in [5.41, 5.74) is 0.691. The van der Waals surface area contributed by atoms with E-state index in [0.717, 1.165) is 4.47 Å². The first-order valence-corrected chi connectivity index (χ1v) is 6.30. The summed E-state index contributed by atoms with van der Waals surface area (Å²) in [5.74, 6) is -0.835. The van der Waals surface area contributed by atoms with Gasteiger partial charge in [0.2, 0.25) is 5.91 Å². The van der Waals surface area contributed by atoms with Crippen molar-refractivity contribution in [1.82, 2.24) is 5.32 Å². The number of nitrogens with one attached hydrogen (secondary N) is 2. The highest BCUT2D eigenvalue weighted by atomic mass is 79.9. The molecule has 1 aromatic carbocycles. The average Bonchev–Trinajstić information content (AvgIpc) is 2.35. The van der Waals surface area contributed by atoms with Crippen molar-refractivity contribution in [2.75, 3.05) is 19.0 Å². The van der Waals surface area contributed by atoms with Gasteiger partial charge in [-0.3, -0.25) is 4.79 Å². The first-order chi connectivity index (χ1) is 8.93. The topological polar surface area (TPSA) is 87.7 Å². The molecule has 6 nitrogen and oxygen atoms in total. The van der Waals surface area contributed by atoms with Gasteiger partial charge in [-0.15, -0.1) is 0 Å². The number of aliphatic carboxylic acids is 1. The summed E-state index contributed by atoms with van der Waals surface area (Å²) >= 11 is 3.34. The summed E-state index contributed by atoms with van der Waals surface area (Å²) in [5, 5.41) is 14.3. The molecule has 1 rings (SSSR count). The number of anilines is 1. The molecule has 0 heterocycles. The van der Waals surface area contributed by atoms with Gasteiger partial charge in [0.25, 0.3) is 0 Å². The van der Waals surface area contributed by atoms with Gasteiger partial charge in [-0.1, -0.05) is 0 Å². The van der Waals surface area contributed by atoms with Crippen molar-refractivity contribution in [1.29, 1.82) is 0 Å². The summed E-state index contributed by atoms with van der Waals surface area (Å²) < 4.78 is 5.86. The van der Waals surface area contributed by atoms with Crippen molar-refractivity contribution in [3.05, 3.63) is 22.7 Å². The van der Waals surface area contributed by atoms with Crippen molar-refractivity contribution in [2.45, 2.75) is 13.0 Å². The van der Waals surface area contributed by atoms with Crippen LogP contribution in [0, 0.1) is 0 Å². The minimum Gasteiger partial charge on any atom is -0.497 e.